The Kier molecular flexibility index (Phi) is 9.17. The second-order valence-electron chi connectivity index (χ2n) is 14.9. The van der Waals surface area contributed by atoms with Crippen molar-refractivity contribution >= 4 is 57.9 Å². The zero-order valence-electron chi connectivity index (χ0n) is 29.2. The Hall–Kier alpha value is -3.36. The topological polar surface area (TPSA) is 89.4 Å². The summed E-state index contributed by atoms with van der Waals surface area (Å²) in [5.74, 6) is -3.36. The number of allylic oxidation sites excluding steroid dienone is 1. The molecular formula is C36H38Cl2F4N6O3S. The number of nitrogens with zero attached hydrogens (tertiary/aromatic N) is 6. The summed E-state index contributed by atoms with van der Waals surface area (Å²) in [6.45, 7) is 9.11. The van der Waals surface area contributed by atoms with Crippen LogP contribution < -0.4 is 0 Å². The second-order valence-corrected chi connectivity index (χ2v) is 16.7. The van der Waals surface area contributed by atoms with E-state index in [4.69, 9.17) is 28.2 Å². The highest BCUT2D eigenvalue weighted by Crippen LogP contribution is 2.57. The van der Waals surface area contributed by atoms with E-state index in [1.807, 2.05) is 38.7 Å². The van der Waals surface area contributed by atoms with Crippen molar-refractivity contribution in [3.8, 4) is 0 Å². The molecule has 0 radical (unpaired) electrons. The number of piperazine rings is 1. The maximum Gasteiger partial charge on any atom is 0.471 e. The maximum atomic E-state index is 15.1. The van der Waals surface area contributed by atoms with Crippen LogP contribution in [0.1, 0.15) is 77.5 Å². The van der Waals surface area contributed by atoms with Crippen molar-refractivity contribution in [2.24, 2.45) is 10.9 Å². The molecule has 52 heavy (non-hydrogen) atoms. The lowest BCUT2D eigenvalue weighted by molar-refractivity contribution is -0.193. The Bertz CT molecular complexity index is 1900. The number of carbonyl (C=O) groups excluding carboxylic acids is 3. The molecule has 16 heteroatoms. The summed E-state index contributed by atoms with van der Waals surface area (Å²) >= 11 is 13.4. The van der Waals surface area contributed by atoms with Crippen LogP contribution in [-0.2, 0) is 19.9 Å². The van der Waals surface area contributed by atoms with E-state index in [1.165, 1.54) is 23.9 Å². The summed E-state index contributed by atoms with van der Waals surface area (Å²) in [7, 11) is 0. The molecule has 1 saturated carbocycles. The number of amidine groups is 1. The molecule has 5 atom stereocenters. The fraction of sp³-hybridized carbons (Fsp3) is 0.528. The number of alkyl halides is 3. The first-order chi connectivity index (χ1) is 24.4. The molecule has 0 unspecified atom stereocenters. The zero-order chi connectivity index (χ0) is 37.7. The maximum absolute atomic E-state index is 15.1. The quantitative estimate of drug-likeness (QED) is 0.234. The lowest BCUT2D eigenvalue weighted by Crippen LogP contribution is -2.65. The fourth-order valence-electron chi connectivity index (χ4n) is 8.30. The van der Waals surface area contributed by atoms with Gasteiger partial charge in [-0.3, -0.25) is 14.4 Å². The number of carbonyl (C=O) groups is 3. The minimum atomic E-state index is -5.01. The van der Waals surface area contributed by atoms with Crippen molar-refractivity contribution in [2.45, 2.75) is 102 Å². The first kappa shape index (κ1) is 37.0. The van der Waals surface area contributed by atoms with E-state index < -0.39 is 47.1 Å². The van der Waals surface area contributed by atoms with Crippen molar-refractivity contribution in [1.82, 2.24) is 24.6 Å². The van der Waals surface area contributed by atoms with Gasteiger partial charge in [-0.1, -0.05) is 49.2 Å². The van der Waals surface area contributed by atoms with Gasteiger partial charge in [0.15, 0.2) is 5.17 Å². The average molecular weight is 782 g/mol. The van der Waals surface area contributed by atoms with Gasteiger partial charge in [0.1, 0.15) is 27.5 Å². The molecule has 1 aromatic heterocycles. The Morgan fingerprint density at radius 2 is 1.75 bits per heavy atom. The molecule has 3 amide bonds. The fourth-order valence-corrected chi connectivity index (χ4v) is 9.88. The van der Waals surface area contributed by atoms with Gasteiger partial charge >= 0.3 is 12.1 Å². The molecule has 1 spiro atoms. The number of aromatic nitrogens is 1. The van der Waals surface area contributed by atoms with Gasteiger partial charge in [-0.2, -0.15) is 13.2 Å². The standard InChI is InChI=1S/C36H38Cl2F4N6O3S/c1-18(2)27-28(52-33-44-34(5,22-8-11-26(38)43-15-22)29(48(27)33)21-7-9-23(37)24(39)14-21)31(50)47-19(3)6-10-25(47)30(49)45-17-35(12-13-35)46(16-20(45)4)32(51)36(40,41)42/h7-9,11,14-15,18-20,25,29H,6,10,12-13,16-17H2,1-5H3/t19-,20-,25-,29+,34-/m0/s1. The Labute approximate surface area is 313 Å². The van der Waals surface area contributed by atoms with Gasteiger partial charge in [0, 0.05) is 42.6 Å². The molecule has 2 aromatic rings. The monoisotopic (exact) mass is 780 g/mol. The van der Waals surface area contributed by atoms with Gasteiger partial charge in [-0.05, 0) is 87.9 Å². The number of likely N-dealkylation sites (tertiary alicyclic amines) is 1. The lowest BCUT2D eigenvalue weighted by Gasteiger charge is -2.47. The van der Waals surface area contributed by atoms with Gasteiger partial charge in [-0.15, -0.1) is 0 Å². The molecule has 0 bridgehead atoms. The number of hydrogen-bond acceptors (Lipinski definition) is 7. The first-order valence-electron chi connectivity index (χ1n) is 17.3. The Morgan fingerprint density at radius 1 is 1.04 bits per heavy atom. The van der Waals surface area contributed by atoms with Crippen molar-refractivity contribution in [3.63, 3.8) is 0 Å². The third-order valence-electron chi connectivity index (χ3n) is 11.1. The molecular weight excluding hydrogens is 743 g/mol. The molecule has 5 aliphatic rings. The van der Waals surface area contributed by atoms with E-state index in [-0.39, 0.29) is 41.9 Å². The van der Waals surface area contributed by atoms with Crippen LogP contribution in [0.4, 0.5) is 17.6 Å². The van der Waals surface area contributed by atoms with E-state index >= 15 is 4.39 Å². The molecule has 9 nitrogen and oxygen atoms in total. The van der Waals surface area contributed by atoms with E-state index in [0.29, 0.717) is 52.2 Å². The SMILES string of the molecule is CC(C)C1=C(C(=O)N2[C@@H](C)CC[C@H]2C(=O)N2CC3(CC3)N(C(=O)C(F)(F)F)C[C@@H]2C)SC2=N[C@@](C)(c3ccc(Cl)nc3)[C@@H](c3ccc(Cl)c(F)c3)N21. The van der Waals surface area contributed by atoms with Crippen LogP contribution in [0.25, 0.3) is 0 Å². The van der Waals surface area contributed by atoms with Gasteiger partial charge < -0.3 is 19.6 Å². The van der Waals surface area contributed by atoms with Crippen LogP contribution in [0.15, 0.2) is 52.1 Å². The van der Waals surface area contributed by atoms with Gasteiger partial charge in [0.2, 0.25) is 5.91 Å². The Balaban J connectivity index is 1.22. The van der Waals surface area contributed by atoms with Crippen molar-refractivity contribution < 1.29 is 31.9 Å². The molecule has 1 aromatic carbocycles. The molecule has 2 saturated heterocycles. The van der Waals surface area contributed by atoms with Crippen LogP contribution >= 0.6 is 35.0 Å². The largest absolute Gasteiger partial charge is 0.471 e. The molecule has 3 fully saturated rings. The smallest absolute Gasteiger partial charge is 0.334 e. The van der Waals surface area contributed by atoms with Crippen LogP contribution in [-0.4, -0.2) is 90.4 Å². The highest BCUT2D eigenvalue weighted by molar-refractivity contribution is 8.18. The van der Waals surface area contributed by atoms with Crippen LogP contribution in [0.2, 0.25) is 10.2 Å². The lowest BCUT2D eigenvalue weighted by atomic mass is 9.81. The average Bonchev–Trinajstić information content (AvgIpc) is 3.44. The number of pyridine rings is 1. The summed E-state index contributed by atoms with van der Waals surface area (Å²) in [5.41, 5.74) is -0.0322. The summed E-state index contributed by atoms with van der Waals surface area (Å²) in [4.78, 5) is 57.4. The van der Waals surface area contributed by atoms with E-state index in [2.05, 4.69) is 4.98 Å². The molecule has 7 rings (SSSR count). The number of rotatable bonds is 5. The highest BCUT2D eigenvalue weighted by Gasteiger charge is 2.61. The number of amides is 3. The summed E-state index contributed by atoms with van der Waals surface area (Å²) < 4.78 is 55.5. The zero-order valence-corrected chi connectivity index (χ0v) is 31.5. The number of hydrogen-bond donors (Lipinski definition) is 0. The third kappa shape index (κ3) is 5.96. The second kappa shape index (κ2) is 12.9. The number of halogens is 6. The van der Waals surface area contributed by atoms with Gasteiger partial charge in [0.05, 0.1) is 16.6 Å². The van der Waals surface area contributed by atoms with E-state index in [1.54, 1.807) is 35.1 Å². The number of aliphatic imine (C=N–C) groups is 1. The van der Waals surface area contributed by atoms with Gasteiger partial charge in [-0.25, -0.2) is 14.4 Å². The third-order valence-corrected chi connectivity index (χ3v) is 12.7. The molecule has 0 N–H and O–H groups in total. The van der Waals surface area contributed by atoms with E-state index in [9.17, 15) is 27.6 Å². The van der Waals surface area contributed by atoms with E-state index in [0.717, 1.165) is 10.5 Å². The summed E-state index contributed by atoms with van der Waals surface area (Å²) in [5, 5.41) is 0.812. The summed E-state index contributed by atoms with van der Waals surface area (Å²) in [6, 6.07) is 5.68. The number of thioether (sulfide) groups is 1. The minimum Gasteiger partial charge on any atom is -0.334 e. The molecule has 1 aliphatic carbocycles. The number of benzene rings is 1. The summed E-state index contributed by atoms with van der Waals surface area (Å²) in [6.07, 6.45) is -1.68. The van der Waals surface area contributed by atoms with Gasteiger partial charge in [0.25, 0.3) is 5.91 Å². The van der Waals surface area contributed by atoms with Crippen molar-refractivity contribution in [1.29, 1.82) is 0 Å². The highest BCUT2D eigenvalue weighted by atomic mass is 35.5. The van der Waals surface area contributed by atoms with Crippen LogP contribution in [0.5, 0.6) is 0 Å². The molecule has 278 valence electrons. The predicted molar refractivity (Wildman–Crippen MR) is 190 cm³/mol. The molecule has 5 heterocycles. The van der Waals surface area contributed by atoms with Crippen LogP contribution in [0, 0.1) is 11.7 Å². The molecule has 4 aliphatic heterocycles. The number of fused-ring (bicyclic) bond motifs is 1. The van der Waals surface area contributed by atoms with Crippen molar-refractivity contribution in [2.75, 3.05) is 13.1 Å². The first-order valence-corrected chi connectivity index (χ1v) is 18.8. The predicted octanol–water partition coefficient (Wildman–Crippen LogP) is 7.30. The van der Waals surface area contributed by atoms with Crippen LogP contribution in [0.3, 0.4) is 0 Å². The van der Waals surface area contributed by atoms with Crippen molar-refractivity contribution in [3.05, 3.63) is 74.3 Å². The minimum absolute atomic E-state index is 0.0154. The Morgan fingerprint density at radius 3 is 2.35 bits per heavy atom. The normalized spacial score (nSPS) is 28.3.